The molecule has 1 unspecified atom stereocenters. The molecule has 0 aromatic heterocycles. The number of rotatable bonds is 4. The molecule has 1 heterocycles. The lowest BCUT2D eigenvalue weighted by Crippen LogP contribution is -2.27. The number of carbonyl (C=O) groups excluding carboxylic acids is 1. The zero-order valence-electron chi connectivity index (χ0n) is 10.3. The van der Waals surface area contributed by atoms with Crippen LogP contribution in [0, 0.1) is 5.92 Å². The highest BCUT2D eigenvalue weighted by molar-refractivity contribution is 7.89. The molecule has 104 valence electrons. The molecule has 7 heteroatoms. The van der Waals surface area contributed by atoms with E-state index in [0.717, 1.165) is 5.56 Å². The molecule has 1 fully saturated rings. The Morgan fingerprint density at radius 3 is 2.53 bits per heavy atom. The van der Waals surface area contributed by atoms with Gasteiger partial charge in [-0.05, 0) is 17.7 Å². The van der Waals surface area contributed by atoms with E-state index < -0.39 is 10.0 Å². The monoisotopic (exact) mass is 284 g/mol. The fourth-order valence-electron chi connectivity index (χ4n) is 2.27. The van der Waals surface area contributed by atoms with E-state index in [-0.39, 0.29) is 29.7 Å². The molecular weight excluding hydrogens is 268 g/mol. The number of primary sulfonamides is 1. The second kappa shape index (κ2) is 5.18. The molecule has 19 heavy (non-hydrogen) atoms. The van der Waals surface area contributed by atoms with Gasteiger partial charge >= 0.3 is 0 Å². The van der Waals surface area contributed by atoms with E-state index in [9.17, 15) is 18.3 Å². The lowest BCUT2D eigenvalue weighted by molar-refractivity contribution is -0.128. The minimum absolute atomic E-state index is 0.0678. The first-order valence-corrected chi connectivity index (χ1v) is 7.61. The smallest absolute Gasteiger partial charge is 0.223 e. The molecule has 1 atom stereocenters. The number of hydrogen-bond acceptors (Lipinski definition) is 4. The second-order valence-electron chi connectivity index (χ2n) is 4.84. The molecule has 1 aromatic carbocycles. The van der Waals surface area contributed by atoms with Gasteiger partial charge in [-0.1, -0.05) is 12.1 Å². The van der Waals surface area contributed by atoms with Crippen molar-refractivity contribution in [1.82, 2.24) is 4.90 Å². The molecule has 2 rings (SSSR count). The number of phenols is 1. The van der Waals surface area contributed by atoms with Crippen LogP contribution in [-0.4, -0.2) is 36.6 Å². The molecule has 0 aliphatic carbocycles. The van der Waals surface area contributed by atoms with Crippen molar-refractivity contribution in [3.05, 3.63) is 29.8 Å². The van der Waals surface area contributed by atoms with Gasteiger partial charge < -0.3 is 10.0 Å². The lowest BCUT2D eigenvalue weighted by Gasteiger charge is -2.16. The van der Waals surface area contributed by atoms with Crippen LogP contribution in [0.3, 0.4) is 0 Å². The zero-order chi connectivity index (χ0) is 14.0. The Balaban J connectivity index is 1.98. The Morgan fingerprint density at radius 2 is 1.95 bits per heavy atom. The summed E-state index contributed by atoms with van der Waals surface area (Å²) in [6.45, 7) is 0.816. The molecule has 6 nitrogen and oxygen atoms in total. The molecular formula is C12H16N2O4S. The van der Waals surface area contributed by atoms with Gasteiger partial charge in [-0.15, -0.1) is 0 Å². The lowest BCUT2D eigenvalue weighted by atomic mass is 10.1. The van der Waals surface area contributed by atoms with Crippen LogP contribution >= 0.6 is 0 Å². The summed E-state index contributed by atoms with van der Waals surface area (Å²) in [5.41, 5.74) is 0.891. The predicted octanol–water partition coefficient (Wildman–Crippen LogP) is 0.0292. The summed E-state index contributed by atoms with van der Waals surface area (Å²) in [5.74, 6) is -0.296. The Morgan fingerprint density at radius 1 is 1.32 bits per heavy atom. The molecule has 0 radical (unpaired) electrons. The van der Waals surface area contributed by atoms with E-state index in [1.165, 1.54) is 0 Å². The average Bonchev–Trinajstić information content (AvgIpc) is 2.60. The van der Waals surface area contributed by atoms with Crippen molar-refractivity contribution in [2.24, 2.45) is 11.1 Å². The van der Waals surface area contributed by atoms with Crippen molar-refractivity contribution in [3.8, 4) is 5.75 Å². The van der Waals surface area contributed by atoms with Crippen molar-refractivity contribution in [1.29, 1.82) is 0 Å². The standard InChI is InChI=1S/C12H16N2O4S/c13-19(17,18)8-10-5-12(16)14(7-10)6-9-1-3-11(15)4-2-9/h1-4,10,15H,5-8H2,(H2,13,17,18). The molecule has 0 spiro atoms. The van der Waals surface area contributed by atoms with Gasteiger partial charge in [0.25, 0.3) is 0 Å². The first kappa shape index (κ1) is 13.8. The fourth-order valence-corrected chi connectivity index (χ4v) is 3.15. The van der Waals surface area contributed by atoms with Crippen LogP contribution in [0.4, 0.5) is 0 Å². The zero-order valence-corrected chi connectivity index (χ0v) is 11.1. The van der Waals surface area contributed by atoms with E-state index in [1.807, 2.05) is 0 Å². The van der Waals surface area contributed by atoms with Crippen LogP contribution in [0.1, 0.15) is 12.0 Å². The first-order valence-electron chi connectivity index (χ1n) is 5.89. The number of nitrogens with zero attached hydrogens (tertiary/aromatic N) is 1. The van der Waals surface area contributed by atoms with Gasteiger partial charge in [0.2, 0.25) is 15.9 Å². The van der Waals surface area contributed by atoms with Crippen molar-refractivity contribution < 1.29 is 18.3 Å². The van der Waals surface area contributed by atoms with Gasteiger partial charge in [-0.25, -0.2) is 13.6 Å². The summed E-state index contributed by atoms with van der Waals surface area (Å²) in [5, 5.41) is 14.2. The summed E-state index contributed by atoms with van der Waals surface area (Å²) in [4.78, 5) is 13.4. The molecule has 0 bridgehead atoms. The quantitative estimate of drug-likeness (QED) is 0.814. The Labute approximate surface area is 111 Å². The molecule has 1 aliphatic heterocycles. The normalized spacial score (nSPS) is 19.9. The minimum atomic E-state index is -3.54. The maximum atomic E-state index is 11.8. The molecule has 1 saturated heterocycles. The number of sulfonamides is 1. The molecule has 1 aliphatic rings. The van der Waals surface area contributed by atoms with Crippen LogP contribution in [0.25, 0.3) is 0 Å². The van der Waals surface area contributed by atoms with Crippen molar-refractivity contribution in [3.63, 3.8) is 0 Å². The van der Waals surface area contributed by atoms with Gasteiger partial charge in [-0.3, -0.25) is 4.79 Å². The van der Waals surface area contributed by atoms with Crippen LogP contribution in [0.5, 0.6) is 5.75 Å². The number of phenolic OH excluding ortho intramolecular Hbond substituents is 1. The molecule has 3 N–H and O–H groups in total. The highest BCUT2D eigenvalue weighted by Crippen LogP contribution is 2.21. The Kier molecular flexibility index (Phi) is 3.77. The van der Waals surface area contributed by atoms with Gasteiger partial charge in [0.05, 0.1) is 5.75 Å². The second-order valence-corrected chi connectivity index (χ2v) is 6.50. The van der Waals surface area contributed by atoms with Crippen LogP contribution in [0.2, 0.25) is 0 Å². The number of carbonyl (C=O) groups is 1. The van der Waals surface area contributed by atoms with Crippen LogP contribution in [-0.2, 0) is 21.4 Å². The Hall–Kier alpha value is -1.60. The van der Waals surface area contributed by atoms with Gasteiger partial charge in [0.1, 0.15) is 5.75 Å². The van der Waals surface area contributed by atoms with Gasteiger partial charge in [0, 0.05) is 25.4 Å². The maximum Gasteiger partial charge on any atom is 0.223 e. The third-order valence-electron chi connectivity index (χ3n) is 3.07. The number of likely N-dealkylation sites (tertiary alicyclic amines) is 1. The van der Waals surface area contributed by atoms with E-state index in [2.05, 4.69) is 0 Å². The minimum Gasteiger partial charge on any atom is -0.508 e. The molecule has 1 amide bonds. The summed E-state index contributed by atoms with van der Waals surface area (Å²) < 4.78 is 22.0. The highest BCUT2D eigenvalue weighted by atomic mass is 32.2. The SMILES string of the molecule is NS(=O)(=O)CC1CC(=O)N(Cc2ccc(O)cc2)C1. The fraction of sp³-hybridized carbons (Fsp3) is 0.417. The van der Waals surface area contributed by atoms with Crippen molar-refractivity contribution in [2.75, 3.05) is 12.3 Å². The summed E-state index contributed by atoms with van der Waals surface area (Å²) in [6, 6.07) is 6.57. The summed E-state index contributed by atoms with van der Waals surface area (Å²) in [6.07, 6.45) is 0.217. The van der Waals surface area contributed by atoms with E-state index in [1.54, 1.807) is 29.2 Å². The van der Waals surface area contributed by atoms with Crippen LogP contribution < -0.4 is 5.14 Å². The van der Waals surface area contributed by atoms with Gasteiger partial charge in [-0.2, -0.15) is 0 Å². The predicted molar refractivity (Wildman–Crippen MR) is 69.6 cm³/mol. The van der Waals surface area contributed by atoms with Crippen molar-refractivity contribution >= 4 is 15.9 Å². The maximum absolute atomic E-state index is 11.8. The highest BCUT2D eigenvalue weighted by Gasteiger charge is 2.31. The average molecular weight is 284 g/mol. The molecule has 0 saturated carbocycles. The largest absolute Gasteiger partial charge is 0.508 e. The summed E-state index contributed by atoms with van der Waals surface area (Å²) in [7, 11) is -3.54. The first-order chi connectivity index (χ1) is 8.83. The van der Waals surface area contributed by atoms with E-state index in [4.69, 9.17) is 5.14 Å². The van der Waals surface area contributed by atoms with E-state index in [0.29, 0.717) is 13.1 Å². The number of aromatic hydroxyl groups is 1. The van der Waals surface area contributed by atoms with Gasteiger partial charge in [0.15, 0.2) is 0 Å². The van der Waals surface area contributed by atoms with Crippen LogP contribution in [0.15, 0.2) is 24.3 Å². The number of nitrogens with two attached hydrogens (primary N) is 1. The summed E-state index contributed by atoms with van der Waals surface area (Å²) >= 11 is 0. The third kappa shape index (κ3) is 3.93. The topological polar surface area (TPSA) is 101 Å². The molecule has 1 aromatic rings. The Bertz CT molecular complexity index is 568. The number of amides is 1. The third-order valence-corrected chi connectivity index (χ3v) is 4.01. The van der Waals surface area contributed by atoms with E-state index >= 15 is 0 Å². The number of benzene rings is 1. The van der Waals surface area contributed by atoms with Crippen molar-refractivity contribution in [2.45, 2.75) is 13.0 Å². The number of hydrogen-bond donors (Lipinski definition) is 2.